The molecule has 0 aliphatic heterocycles. The van der Waals surface area contributed by atoms with Crippen LogP contribution in [0.2, 0.25) is 0 Å². The quantitative estimate of drug-likeness (QED) is 0.432. The van der Waals surface area contributed by atoms with Crippen molar-refractivity contribution in [3.8, 4) is 0 Å². The summed E-state index contributed by atoms with van der Waals surface area (Å²) in [6.07, 6.45) is 6.56. The van der Waals surface area contributed by atoms with Crippen molar-refractivity contribution >= 4 is 0 Å². The van der Waals surface area contributed by atoms with E-state index in [0.29, 0.717) is 0 Å². The van der Waals surface area contributed by atoms with Crippen molar-refractivity contribution in [1.82, 2.24) is 4.57 Å². The minimum atomic E-state index is 0. The Morgan fingerprint density at radius 1 is 1.55 bits per heavy atom. The van der Waals surface area contributed by atoms with Gasteiger partial charge in [0.15, 0.2) is 0 Å². The lowest BCUT2D eigenvalue weighted by molar-refractivity contribution is -0.678. The van der Waals surface area contributed by atoms with Crippen LogP contribution in [-0.2, 0) is 20.5 Å². The molecule has 0 saturated heterocycles. The summed E-state index contributed by atoms with van der Waals surface area (Å²) in [4.78, 5) is 0. The van der Waals surface area contributed by atoms with Gasteiger partial charge in [-0.3, -0.25) is 0 Å². The molecule has 0 spiro atoms. The molecule has 11 heavy (non-hydrogen) atoms. The normalized spacial score (nSPS) is 9.36. The monoisotopic (exact) mass is 158 g/mol. The Kier molecular flexibility index (Phi) is 3.79. The molecule has 0 atom stereocenters. The summed E-state index contributed by atoms with van der Waals surface area (Å²) in [6.45, 7) is 2.20. The van der Waals surface area contributed by atoms with Gasteiger partial charge in [-0.1, -0.05) is 6.92 Å². The number of hydrogen-bond donors (Lipinski definition) is 0. The molecule has 0 aromatic carbocycles. The van der Waals surface area contributed by atoms with E-state index in [0.717, 1.165) is 0 Å². The molecule has 0 aliphatic carbocycles. The third-order valence-electron chi connectivity index (χ3n) is 1.80. The van der Waals surface area contributed by atoms with E-state index in [1.54, 1.807) is 0 Å². The van der Waals surface area contributed by atoms with E-state index in [4.69, 9.17) is 0 Å². The van der Waals surface area contributed by atoms with E-state index in [2.05, 4.69) is 42.5 Å². The SMILES string of the molecule is CCCc1n(C)cc[n+]1C.[F-]. The molecule has 0 amide bonds. The van der Waals surface area contributed by atoms with E-state index >= 15 is 0 Å². The van der Waals surface area contributed by atoms with Crippen molar-refractivity contribution in [2.24, 2.45) is 14.1 Å². The Labute approximate surface area is 66.8 Å². The van der Waals surface area contributed by atoms with Crippen LogP contribution >= 0.6 is 0 Å². The summed E-state index contributed by atoms with van der Waals surface area (Å²) >= 11 is 0. The molecule has 2 nitrogen and oxygen atoms in total. The van der Waals surface area contributed by atoms with Gasteiger partial charge in [-0.2, -0.15) is 0 Å². The van der Waals surface area contributed by atoms with Gasteiger partial charge in [0, 0.05) is 6.42 Å². The van der Waals surface area contributed by atoms with Crippen LogP contribution in [0, 0.1) is 0 Å². The van der Waals surface area contributed by atoms with E-state index in [1.807, 2.05) is 0 Å². The minimum Gasteiger partial charge on any atom is -1.00 e. The van der Waals surface area contributed by atoms with Gasteiger partial charge in [0.1, 0.15) is 12.4 Å². The molecule has 1 rings (SSSR count). The molecule has 0 unspecified atom stereocenters. The molecular formula is C8H15FN2. The van der Waals surface area contributed by atoms with E-state index in [1.165, 1.54) is 18.7 Å². The lowest BCUT2D eigenvalue weighted by Gasteiger charge is -1.93. The Morgan fingerprint density at radius 2 is 2.18 bits per heavy atom. The second-order valence-electron chi connectivity index (χ2n) is 2.69. The molecule has 1 aromatic heterocycles. The Hall–Kier alpha value is -0.860. The molecular weight excluding hydrogens is 143 g/mol. The van der Waals surface area contributed by atoms with Crippen LogP contribution in [0.4, 0.5) is 0 Å². The topological polar surface area (TPSA) is 8.81 Å². The minimum absolute atomic E-state index is 0. The van der Waals surface area contributed by atoms with Crippen LogP contribution in [0.25, 0.3) is 0 Å². The number of imidazole rings is 1. The smallest absolute Gasteiger partial charge is 0.255 e. The fourth-order valence-corrected chi connectivity index (χ4v) is 1.20. The summed E-state index contributed by atoms with van der Waals surface area (Å²) in [6, 6.07) is 0. The summed E-state index contributed by atoms with van der Waals surface area (Å²) in [5.41, 5.74) is 0. The number of aromatic nitrogens is 2. The zero-order chi connectivity index (χ0) is 7.56. The fraction of sp³-hybridized carbons (Fsp3) is 0.625. The molecule has 3 heteroatoms. The highest BCUT2D eigenvalue weighted by Crippen LogP contribution is 1.94. The maximum Gasteiger partial charge on any atom is 0.255 e. The van der Waals surface area contributed by atoms with Gasteiger partial charge in [0.05, 0.1) is 14.1 Å². The lowest BCUT2D eigenvalue weighted by Crippen LogP contribution is -3.00. The largest absolute Gasteiger partial charge is 1.00 e. The van der Waals surface area contributed by atoms with Crippen LogP contribution in [0.15, 0.2) is 12.4 Å². The van der Waals surface area contributed by atoms with Crippen molar-refractivity contribution < 1.29 is 9.27 Å². The summed E-state index contributed by atoms with van der Waals surface area (Å²) < 4.78 is 4.34. The van der Waals surface area contributed by atoms with Crippen LogP contribution in [-0.4, -0.2) is 4.57 Å². The molecule has 0 N–H and O–H groups in total. The first-order chi connectivity index (χ1) is 4.75. The molecule has 64 valence electrons. The Balaban J connectivity index is 0.000001000. The van der Waals surface area contributed by atoms with Crippen LogP contribution in [0.5, 0.6) is 0 Å². The van der Waals surface area contributed by atoms with Gasteiger partial charge in [-0.05, 0) is 6.42 Å². The second-order valence-corrected chi connectivity index (χ2v) is 2.69. The van der Waals surface area contributed by atoms with Crippen LogP contribution < -0.4 is 9.27 Å². The number of hydrogen-bond acceptors (Lipinski definition) is 0. The molecule has 0 fully saturated rings. The summed E-state index contributed by atoms with van der Waals surface area (Å²) in [5.74, 6) is 1.39. The third-order valence-corrected chi connectivity index (χ3v) is 1.80. The number of aryl methyl sites for hydroxylation is 2. The first-order valence-corrected chi connectivity index (χ1v) is 3.75. The second kappa shape index (κ2) is 4.11. The van der Waals surface area contributed by atoms with Crippen molar-refractivity contribution in [3.63, 3.8) is 0 Å². The predicted molar refractivity (Wildman–Crippen MR) is 40.6 cm³/mol. The summed E-state index contributed by atoms with van der Waals surface area (Å²) in [7, 11) is 4.18. The molecule has 0 bridgehead atoms. The first-order valence-electron chi connectivity index (χ1n) is 3.75. The van der Waals surface area contributed by atoms with Crippen molar-refractivity contribution in [2.45, 2.75) is 19.8 Å². The number of rotatable bonds is 2. The van der Waals surface area contributed by atoms with Crippen LogP contribution in [0.3, 0.4) is 0 Å². The molecule has 1 aromatic rings. The average Bonchev–Trinajstić information content (AvgIpc) is 2.20. The lowest BCUT2D eigenvalue weighted by atomic mass is 10.3. The Bertz CT molecular complexity index is 198. The zero-order valence-electron chi connectivity index (χ0n) is 7.34. The number of halogens is 1. The van der Waals surface area contributed by atoms with Gasteiger partial charge >= 0.3 is 0 Å². The third kappa shape index (κ3) is 2.03. The molecule has 0 radical (unpaired) electrons. The highest BCUT2D eigenvalue weighted by Gasteiger charge is 2.07. The Morgan fingerprint density at radius 3 is 2.55 bits per heavy atom. The number of nitrogens with zero attached hydrogens (tertiary/aromatic N) is 2. The van der Waals surface area contributed by atoms with Crippen molar-refractivity contribution in [1.29, 1.82) is 0 Å². The van der Waals surface area contributed by atoms with Gasteiger partial charge in [-0.15, -0.1) is 0 Å². The van der Waals surface area contributed by atoms with Gasteiger partial charge in [0.25, 0.3) is 5.82 Å². The predicted octanol–water partition coefficient (Wildman–Crippen LogP) is -2.19. The van der Waals surface area contributed by atoms with E-state index in [-0.39, 0.29) is 4.70 Å². The summed E-state index contributed by atoms with van der Waals surface area (Å²) in [5, 5.41) is 0. The zero-order valence-corrected chi connectivity index (χ0v) is 7.34. The maximum atomic E-state index is 2.20. The first kappa shape index (κ1) is 10.1. The van der Waals surface area contributed by atoms with Gasteiger partial charge < -0.3 is 4.70 Å². The maximum absolute atomic E-state index is 2.20. The fourth-order valence-electron chi connectivity index (χ4n) is 1.20. The van der Waals surface area contributed by atoms with Crippen molar-refractivity contribution in [3.05, 3.63) is 18.2 Å². The highest BCUT2D eigenvalue weighted by atomic mass is 19.0. The van der Waals surface area contributed by atoms with E-state index < -0.39 is 0 Å². The molecule has 0 aliphatic rings. The highest BCUT2D eigenvalue weighted by molar-refractivity contribution is 4.81. The van der Waals surface area contributed by atoms with Gasteiger partial charge in [0.2, 0.25) is 0 Å². The van der Waals surface area contributed by atoms with Gasteiger partial charge in [-0.25, -0.2) is 9.13 Å². The van der Waals surface area contributed by atoms with Crippen LogP contribution in [0.1, 0.15) is 19.2 Å². The van der Waals surface area contributed by atoms with E-state index in [9.17, 15) is 0 Å². The molecule has 1 heterocycles. The van der Waals surface area contributed by atoms with Crippen molar-refractivity contribution in [2.75, 3.05) is 0 Å². The average molecular weight is 158 g/mol. The standard InChI is InChI=1S/C8H15N2.FH/c1-4-5-8-9(2)6-7-10(8)3;/h6-7H,4-5H2,1-3H3;1H/q+1;/p-1. The molecule has 0 saturated carbocycles.